The molecule has 5 nitrogen and oxygen atoms in total. The summed E-state index contributed by atoms with van der Waals surface area (Å²) in [6, 6.07) is 8.09. The topological polar surface area (TPSA) is 75.3 Å². The molecule has 0 spiro atoms. The average molecular weight is 391 g/mol. The highest BCUT2D eigenvalue weighted by atomic mass is 35.5. The Morgan fingerprint density at radius 3 is 2.25 bits per heavy atom. The van der Waals surface area contributed by atoms with Crippen LogP contribution in [0.2, 0.25) is 10.0 Å². The van der Waals surface area contributed by atoms with Gasteiger partial charge in [-0.25, -0.2) is 12.8 Å². The molecule has 0 fully saturated rings. The van der Waals surface area contributed by atoms with Crippen molar-refractivity contribution in [1.29, 1.82) is 0 Å². The molecule has 0 aliphatic heterocycles. The number of sulfonamides is 1. The van der Waals surface area contributed by atoms with Crippen molar-refractivity contribution in [3.8, 4) is 0 Å². The fraction of sp³-hybridized carbons (Fsp3) is 0.133. The van der Waals surface area contributed by atoms with E-state index in [1.165, 1.54) is 31.2 Å². The number of benzene rings is 2. The lowest BCUT2D eigenvalue weighted by molar-refractivity contribution is 0.102. The average Bonchev–Trinajstić information content (AvgIpc) is 2.52. The normalized spacial score (nSPS) is 11.2. The zero-order valence-corrected chi connectivity index (χ0v) is 14.8. The van der Waals surface area contributed by atoms with E-state index in [-0.39, 0.29) is 21.4 Å². The molecule has 2 rings (SSSR count). The standard InChI is InChI=1S/C15H13Cl2FN2O3S/c1-2-24(22,23)20-10-5-3-9(4-6-10)19-15(21)11-7-14(18)13(17)8-12(11)16/h3-8,20H,2H2,1H3,(H,19,21). The minimum Gasteiger partial charge on any atom is -0.322 e. The van der Waals surface area contributed by atoms with Gasteiger partial charge in [-0.3, -0.25) is 9.52 Å². The van der Waals surface area contributed by atoms with Crippen molar-refractivity contribution in [3.05, 3.63) is 57.8 Å². The highest BCUT2D eigenvalue weighted by Crippen LogP contribution is 2.25. The van der Waals surface area contributed by atoms with Gasteiger partial charge in [0.25, 0.3) is 5.91 Å². The SMILES string of the molecule is CCS(=O)(=O)Nc1ccc(NC(=O)c2cc(F)c(Cl)cc2Cl)cc1. The molecule has 0 atom stereocenters. The van der Waals surface area contributed by atoms with Gasteiger partial charge >= 0.3 is 0 Å². The first-order valence-electron chi connectivity index (χ1n) is 6.78. The predicted molar refractivity (Wildman–Crippen MR) is 93.9 cm³/mol. The monoisotopic (exact) mass is 390 g/mol. The number of nitrogens with one attached hydrogen (secondary N) is 2. The molecule has 9 heteroatoms. The summed E-state index contributed by atoms with van der Waals surface area (Å²) in [6.45, 7) is 1.52. The van der Waals surface area contributed by atoms with E-state index in [2.05, 4.69) is 10.0 Å². The lowest BCUT2D eigenvalue weighted by Gasteiger charge is -2.09. The van der Waals surface area contributed by atoms with Crippen LogP contribution < -0.4 is 10.0 Å². The Kier molecular flexibility index (Phi) is 5.69. The fourth-order valence-electron chi connectivity index (χ4n) is 1.77. The van der Waals surface area contributed by atoms with Crippen molar-refractivity contribution >= 4 is 50.5 Å². The van der Waals surface area contributed by atoms with Gasteiger partial charge in [0, 0.05) is 11.4 Å². The molecule has 0 aliphatic rings. The Labute approximate surface area is 148 Å². The van der Waals surface area contributed by atoms with Crippen molar-refractivity contribution in [3.63, 3.8) is 0 Å². The minimum absolute atomic E-state index is 0.0197. The third-order valence-corrected chi connectivity index (χ3v) is 4.96. The molecule has 0 bridgehead atoms. The van der Waals surface area contributed by atoms with E-state index in [1.807, 2.05) is 0 Å². The van der Waals surface area contributed by atoms with Gasteiger partial charge < -0.3 is 5.32 Å². The second kappa shape index (κ2) is 7.38. The second-order valence-corrected chi connectivity index (χ2v) is 7.61. The maximum Gasteiger partial charge on any atom is 0.257 e. The van der Waals surface area contributed by atoms with Crippen LogP contribution >= 0.6 is 23.2 Å². The van der Waals surface area contributed by atoms with Crippen molar-refractivity contribution in [2.75, 3.05) is 15.8 Å². The Morgan fingerprint density at radius 2 is 1.67 bits per heavy atom. The van der Waals surface area contributed by atoms with Gasteiger partial charge in [-0.05, 0) is 43.3 Å². The molecule has 24 heavy (non-hydrogen) atoms. The van der Waals surface area contributed by atoms with Crippen molar-refractivity contribution in [1.82, 2.24) is 0 Å². The van der Waals surface area contributed by atoms with E-state index in [0.29, 0.717) is 11.4 Å². The lowest BCUT2D eigenvalue weighted by Crippen LogP contribution is -2.15. The first kappa shape index (κ1) is 18.5. The Balaban J connectivity index is 2.14. The Hall–Kier alpha value is -1.83. The molecule has 0 saturated carbocycles. The van der Waals surface area contributed by atoms with E-state index >= 15 is 0 Å². The summed E-state index contributed by atoms with van der Waals surface area (Å²) >= 11 is 11.5. The van der Waals surface area contributed by atoms with Gasteiger partial charge in [-0.2, -0.15) is 0 Å². The number of carbonyl (C=O) groups is 1. The third-order valence-electron chi connectivity index (χ3n) is 3.05. The summed E-state index contributed by atoms with van der Waals surface area (Å²) < 4.78 is 38.8. The first-order chi connectivity index (χ1) is 11.2. The minimum atomic E-state index is -3.37. The number of rotatable bonds is 5. The summed E-state index contributed by atoms with van der Waals surface area (Å²) in [7, 11) is -3.37. The molecule has 0 heterocycles. The van der Waals surface area contributed by atoms with Gasteiger partial charge in [0.2, 0.25) is 10.0 Å². The number of halogens is 3. The molecule has 2 aromatic carbocycles. The maximum atomic E-state index is 13.5. The van der Waals surface area contributed by atoms with E-state index < -0.39 is 21.7 Å². The molecule has 1 amide bonds. The Morgan fingerprint density at radius 1 is 1.08 bits per heavy atom. The summed E-state index contributed by atoms with van der Waals surface area (Å²) in [4.78, 5) is 12.1. The summed E-state index contributed by atoms with van der Waals surface area (Å²) in [5.74, 6) is -1.42. The quantitative estimate of drug-likeness (QED) is 0.752. The molecule has 0 aliphatic carbocycles. The van der Waals surface area contributed by atoms with Gasteiger partial charge in [0.1, 0.15) is 5.82 Å². The number of hydrogen-bond donors (Lipinski definition) is 2. The number of amides is 1. The molecule has 128 valence electrons. The van der Waals surface area contributed by atoms with Crippen LogP contribution in [0.3, 0.4) is 0 Å². The number of carbonyl (C=O) groups excluding carboxylic acids is 1. The van der Waals surface area contributed by atoms with E-state index in [9.17, 15) is 17.6 Å². The summed E-state index contributed by atoms with van der Waals surface area (Å²) in [5.41, 5.74) is 0.700. The van der Waals surface area contributed by atoms with Crippen LogP contribution in [0.5, 0.6) is 0 Å². The zero-order valence-electron chi connectivity index (χ0n) is 12.4. The molecule has 2 N–H and O–H groups in total. The lowest BCUT2D eigenvalue weighted by atomic mass is 10.2. The highest BCUT2D eigenvalue weighted by molar-refractivity contribution is 7.92. The Bertz CT molecular complexity index is 871. The highest BCUT2D eigenvalue weighted by Gasteiger charge is 2.14. The van der Waals surface area contributed by atoms with Crippen LogP contribution in [0.25, 0.3) is 0 Å². The molecule has 0 saturated heterocycles. The van der Waals surface area contributed by atoms with Gasteiger partial charge in [0.05, 0.1) is 21.4 Å². The van der Waals surface area contributed by atoms with E-state index in [4.69, 9.17) is 23.2 Å². The summed E-state index contributed by atoms with van der Waals surface area (Å²) in [6.07, 6.45) is 0. The number of anilines is 2. The zero-order chi connectivity index (χ0) is 17.9. The van der Waals surface area contributed by atoms with Crippen LogP contribution in [-0.2, 0) is 10.0 Å². The molecule has 2 aromatic rings. The summed E-state index contributed by atoms with van der Waals surface area (Å²) in [5, 5.41) is 2.38. The molecular formula is C15H13Cl2FN2O3S. The van der Waals surface area contributed by atoms with Gasteiger partial charge in [-0.1, -0.05) is 23.2 Å². The second-order valence-electron chi connectivity index (χ2n) is 4.78. The van der Waals surface area contributed by atoms with E-state index in [1.54, 1.807) is 0 Å². The van der Waals surface area contributed by atoms with Crippen molar-refractivity contribution in [2.45, 2.75) is 6.92 Å². The predicted octanol–water partition coefficient (Wildman–Crippen LogP) is 4.15. The molecule has 0 radical (unpaired) electrons. The van der Waals surface area contributed by atoms with E-state index in [0.717, 1.165) is 12.1 Å². The largest absolute Gasteiger partial charge is 0.322 e. The van der Waals surface area contributed by atoms with Crippen molar-refractivity contribution in [2.24, 2.45) is 0 Å². The van der Waals surface area contributed by atoms with Crippen LogP contribution in [0.15, 0.2) is 36.4 Å². The van der Waals surface area contributed by atoms with Crippen LogP contribution in [-0.4, -0.2) is 20.1 Å². The van der Waals surface area contributed by atoms with Crippen LogP contribution in [0.1, 0.15) is 17.3 Å². The smallest absolute Gasteiger partial charge is 0.257 e. The fourth-order valence-corrected chi connectivity index (χ4v) is 2.88. The number of hydrogen-bond acceptors (Lipinski definition) is 3. The van der Waals surface area contributed by atoms with Crippen molar-refractivity contribution < 1.29 is 17.6 Å². The molecule has 0 aromatic heterocycles. The molecular weight excluding hydrogens is 378 g/mol. The van der Waals surface area contributed by atoms with Gasteiger partial charge in [0.15, 0.2) is 0 Å². The van der Waals surface area contributed by atoms with Crippen LogP contribution in [0.4, 0.5) is 15.8 Å². The molecule has 0 unspecified atom stereocenters. The van der Waals surface area contributed by atoms with Gasteiger partial charge in [-0.15, -0.1) is 0 Å². The van der Waals surface area contributed by atoms with Crippen LogP contribution in [0, 0.1) is 5.82 Å². The third kappa shape index (κ3) is 4.59. The first-order valence-corrected chi connectivity index (χ1v) is 9.19. The maximum absolute atomic E-state index is 13.5.